The molecule has 0 saturated carbocycles. The molecule has 0 aromatic carbocycles. The minimum atomic E-state index is -0.720. The number of nitriles is 2. The minimum absolute atomic E-state index is 0.377. The van der Waals surface area contributed by atoms with E-state index < -0.39 is 12.2 Å². The van der Waals surface area contributed by atoms with Crippen molar-refractivity contribution in [1.29, 1.82) is 10.5 Å². The fraction of sp³-hybridized carbons (Fsp3) is 0.571. The third kappa shape index (κ3) is 13.4. The topological polar surface area (TPSA) is 131 Å². The molecule has 0 aromatic heterocycles. The van der Waals surface area contributed by atoms with Gasteiger partial charge in [-0.2, -0.15) is 10.5 Å². The van der Waals surface area contributed by atoms with Gasteiger partial charge in [-0.05, 0) is 13.8 Å². The lowest BCUT2D eigenvalue weighted by atomic mass is 10.6. The highest BCUT2D eigenvalue weighted by atomic mass is 33.1. The predicted octanol–water partition coefficient (Wildman–Crippen LogP) is 4.30. The first-order chi connectivity index (χ1) is 13.3. The fourth-order valence-electron chi connectivity index (χ4n) is 1.02. The summed E-state index contributed by atoms with van der Waals surface area (Å²) in [6.07, 6.45) is -0.685. The van der Waals surface area contributed by atoms with Gasteiger partial charge in [0.2, 0.25) is 0 Å². The Morgan fingerprint density at radius 1 is 0.857 bits per heavy atom. The smallest absolute Gasteiger partial charge is 0.296 e. The first-order valence-electron chi connectivity index (χ1n) is 7.64. The van der Waals surface area contributed by atoms with Gasteiger partial charge in [-0.1, -0.05) is 10.3 Å². The number of oxime groups is 2. The number of hydrogen-bond acceptors (Lipinski definition) is 12. The minimum Gasteiger partial charge on any atom is -0.296 e. The molecule has 154 valence electrons. The maximum atomic E-state index is 11.8. The van der Waals surface area contributed by atoms with E-state index >= 15 is 0 Å². The SMILES string of the molecule is CC(=NOC(=O)N(C)SSN(C)C(=O)ON=C(C)SCCC#N)SCCC#N. The zero-order valence-corrected chi connectivity index (χ0v) is 19.0. The molecule has 0 fully saturated rings. The van der Waals surface area contributed by atoms with Crippen molar-refractivity contribution in [3.8, 4) is 12.1 Å². The molecule has 2 amide bonds. The molecule has 0 rings (SSSR count). The zero-order valence-electron chi connectivity index (χ0n) is 15.8. The van der Waals surface area contributed by atoms with Crippen molar-refractivity contribution in [1.82, 2.24) is 8.61 Å². The van der Waals surface area contributed by atoms with Crippen LogP contribution in [0.25, 0.3) is 0 Å². The summed E-state index contributed by atoms with van der Waals surface area (Å²) in [6.45, 7) is 3.34. The highest BCUT2D eigenvalue weighted by molar-refractivity contribution is 8.75. The van der Waals surface area contributed by atoms with Gasteiger partial charge in [0, 0.05) is 60.4 Å². The first-order valence-corrected chi connectivity index (χ1v) is 11.7. The summed E-state index contributed by atoms with van der Waals surface area (Å²) in [7, 11) is 4.79. The van der Waals surface area contributed by atoms with E-state index in [0.29, 0.717) is 34.4 Å². The molecule has 0 radical (unpaired) electrons. The maximum Gasteiger partial charge on any atom is 0.446 e. The lowest BCUT2D eigenvalue weighted by Gasteiger charge is -2.16. The standard InChI is InChI=1S/C14H20N6O4S4/c1-11(25-9-5-7-15)17-23-13(21)19(3)27-28-20(4)14(22)24-18-12(2)26-10-6-8-16/h5-6,9-10H2,1-4H3. The molecular weight excluding hydrogens is 444 g/mol. The van der Waals surface area contributed by atoms with Crippen molar-refractivity contribution in [3.05, 3.63) is 0 Å². The van der Waals surface area contributed by atoms with E-state index in [-0.39, 0.29) is 0 Å². The van der Waals surface area contributed by atoms with E-state index in [1.807, 2.05) is 12.1 Å². The number of rotatable bonds is 9. The highest BCUT2D eigenvalue weighted by Crippen LogP contribution is 2.28. The van der Waals surface area contributed by atoms with E-state index in [0.717, 1.165) is 30.6 Å². The molecule has 0 aliphatic heterocycles. The van der Waals surface area contributed by atoms with Crippen molar-refractivity contribution < 1.29 is 19.3 Å². The second kappa shape index (κ2) is 16.2. The Kier molecular flexibility index (Phi) is 15.2. The number of amides is 2. The third-order valence-corrected chi connectivity index (χ3v) is 6.48. The Labute approximate surface area is 180 Å². The van der Waals surface area contributed by atoms with Crippen molar-refractivity contribution in [3.63, 3.8) is 0 Å². The highest BCUT2D eigenvalue weighted by Gasteiger charge is 2.17. The van der Waals surface area contributed by atoms with Crippen LogP contribution in [0.2, 0.25) is 0 Å². The van der Waals surface area contributed by atoms with Crippen LogP contribution in [0, 0.1) is 22.7 Å². The first kappa shape index (κ1) is 26.3. The number of carbonyl (C=O) groups excluding carboxylic acids is 2. The van der Waals surface area contributed by atoms with Gasteiger partial charge in [0.15, 0.2) is 0 Å². The Balaban J connectivity index is 4.22. The molecule has 0 saturated heterocycles. The fourth-order valence-corrected chi connectivity index (χ4v) is 3.53. The summed E-state index contributed by atoms with van der Waals surface area (Å²) in [6, 6.07) is 4.02. The van der Waals surface area contributed by atoms with Crippen LogP contribution in [0.4, 0.5) is 9.59 Å². The van der Waals surface area contributed by atoms with E-state index in [1.54, 1.807) is 13.8 Å². The van der Waals surface area contributed by atoms with Crippen LogP contribution in [-0.2, 0) is 9.68 Å². The van der Waals surface area contributed by atoms with Crippen LogP contribution < -0.4 is 0 Å². The molecule has 0 aliphatic carbocycles. The Morgan fingerprint density at radius 3 is 1.54 bits per heavy atom. The average molecular weight is 465 g/mol. The quantitative estimate of drug-likeness (QED) is 0.0925. The monoisotopic (exact) mass is 464 g/mol. The van der Waals surface area contributed by atoms with Crippen LogP contribution in [0.3, 0.4) is 0 Å². The van der Waals surface area contributed by atoms with Gasteiger partial charge in [-0.15, -0.1) is 23.5 Å². The van der Waals surface area contributed by atoms with E-state index in [4.69, 9.17) is 20.2 Å². The van der Waals surface area contributed by atoms with E-state index in [9.17, 15) is 9.59 Å². The summed E-state index contributed by atoms with van der Waals surface area (Å²) < 4.78 is 2.30. The normalized spacial score (nSPS) is 11.2. The molecule has 14 heteroatoms. The summed E-state index contributed by atoms with van der Waals surface area (Å²) in [5.74, 6) is 1.13. The second-order valence-electron chi connectivity index (χ2n) is 4.59. The molecule has 0 aliphatic rings. The third-order valence-electron chi connectivity index (χ3n) is 2.33. The lowest BCUT2D eigenvalue weighted by molar-refractivity contribution is 0.136. The molecule has 0 aromatic rings. The van der Waals surface area contributed by atoms with Gasteiger partial charge in [0.25, 0.3) is 0 Å². The van der Waals surface area contributed by atoms with Crippen LogP contribution in [-0.4, -0.2) is 56.5 Å². The molecule has 0 bridgehead atoms. The van der Waals surface area contributed by atoms with Crippen molar-refractivity contribution in [2.75, 3.05) is 25.6 Å². The summed E-state index contributed by atoms with van der Waals surface area (Å²) in [4.78, 5) is 33.2. The van der Waals surface area contributed by atoms with Crippen molar-refractivity contribution in [2.45, 2.75) is 26.7 Å². The van der Waals surface area contributed by atoms with Gasteiger partial charge in [-0.3, -0.25) is 9.68 Å². The second-order valence-corrected chi connectivity index (χ2v) is 9.46. The molecule has 0 atom stereocenters. The van der Waals surface area contributed by atoms with Gasteiger partial charge >= 0.3 is 12.2 Å². The Bertz CT molecular complexity index is 605. The van der Waals surface area contributed by atoms with Crippen LogP contribution in [0.15, 0.2) is 10.3 Å². The summed E-state index contributed by atoms with van der Waals surface area (Å²) >= 11 is 2.62. The van der Waals surface area contributed by atoms with Crippen LogP contribution in [0.1, 0.15) is 26.7 Å². The van der Waals surface area contributed by atoms with Gasteiger partial charge in [0.1, 0.15) is 10.1 Å². The Hall–Kier alpha value is -1.74. The number of carbonyl (C=O) groups is 2. The van der Waals surface area contributed by atoms with E-state index in [2.05, 4.69) is 10.3 Å². The summed E-state index contributed by atoms with van der Waals surface area (Å²) in [5, 5.41) is 25.3. The lowest BCUT2D eigenvalue weighted by Crippen LogP contribution is -2.22. The van der Waals surface area contributed by atoms with Gasteiger partial charge < -0.3 is 0 Å². The molecular formula is C14H20N6O4S4. The van der Waals surface area contributed by atoms with Crippen LogP contribution >= 0.6 is 45.5 Å². The molecule has 0 N–H and O–H groups in total. The van der Waals surface area contributed by atoms with E-state index in [1.165, 1.54) is 37.6 Å². The predicted molar refractivity (Wildman–Crippen MR) is 115 cm³/mol. The zero-order chi connectivity index (χ0) is 21.4. The average Bonchev–Trinajstić information content (AvgIpc) is 2.68. The molecule has 28 heavy (non-hydrogen) atoms. The molecule has 10 nitrogen and oxygen atoms in total. The molecule has 0 spiro atoms. The summed E-state index contributed by atoms with van der Waals surface area (Å²) in [5.41, 5.74) is 0. The number of nitrogens with zero attached hydrogens (tertiary/aromatic N) is 6. The Morgan fingerprint density at radius 2 is 1.21 bits per heavy atom. The van der Waals surface area contributed by atoms with Gasteiger partial charge in [-0.25, -0.2) is 18.2 Å². The largest absolute Gasteiger partial charge is 0.446 e. The number of thioether (sulfide) groups is 2. The molecule has 0 heterocycles. The molecule has 0 unspecified atom stereocenters. The van der Waals surface area contributed by atoms with Crippen molar-refractivity contribution >= 4 is 67.8 Å². The maximum absolute atomic E-state index is 11.8. The van der Waals surface area contributed by atoms with Crippen molar-refractivity contribution in [2.24, 2.45) is 10.3 Å². The van der Waals surface area contributed by atoms with Crippen LogP contribution in [0.5, 0.6) is 0 Å². The van der Waals surface area contributed by atoms with Gasteiger partial charge in [0.05, 0.1) is 12.1 Å². The number of hydrogen-bond donors (Lipinski definition) is 0.